The van der Waals surface area contributed by atoms with Gasteiger partial charge < -0.3 is 14.8 Å². The summed E-state index contributed by atoms with van der Waals surface area (Å²) in [6.45, 7) is -0.188. The van der Waals surface area contributed by atoms with Crippen LogP contribution in [-0.2, 0) is 4.79 Å². The van der Waals surface area contributed by atoms with Crippen LogP contribution in [0.1, 0.15) is 12.8 Å². The lowest BCUT2D eigenvalue weighted by molar-refractivity contribution is -0.141. The van der Waals surface area contributed by atoms with Crippen LogP contribution in [0.3, 0.4) is 0 Å². The molecule has 1 amide bonds. The fourth-order valence-electron chi connectivity index (χ4n) is 3.63. The highest BCUT2D eigenvalue weighted by Crippen LogP contribution is 2.25. The maximum atomic E-state index is 12.3. The summed E-state index contributed by atoms with van der Waals surface area (Å²) in [6, 6.07) is 11.9. The molecular weight excluding hydrogens is 383 g/mol. The topological polar surface area (TPSA) is 63.1 Å². The summed E-state index contributed by atoms with van der Waals surface area (Å²) in [7, 11) is 0. The van der Waals surface area contributed by atoms with Crippen LogP contribution in [0.2, 0.25) is 0 Å². The van der Waals surface area contributed by atoms with E-state index in [1.54, 1.807) is 0 Å². The zero-order valence-corrected chi connectivity index (χ0v) is 15.6. The van der Waals surface area contributed by atoms with Gasteiger partial charge in [-0.05, 0) is 30.4 Å². The van der Waals surface area contributed by atoms with E-state index in [0.29, 0.717) is 25.9 Å². The number of hydrogen-bond acceptors (Lipinski definition) is 4. The molecule has 0 spiro atoms. The Bertz CT molecular complexity index is 1010. The van der Waals surface area contributed by atoms with Gasteiger partial charge in [0.2, 0.25) is 5.91 Å². The Hall–Kier alpha value is -3.10. The molecule has 29 heavy (non-hydrogen) atoms. The SMILES string of the molecule is O=C(NCC(F)(F)F)C1CCN(c2cc(-n3ccc4ccccc43)ncn2)CC1. The van der Waals surface area contributed by atoms with Gasteiger partial charge in [-0.2, -0.15) is 13.2 Å². The molecule has 0 radical (unpaired) electrons. The zero-order valence-electron chi connectivity index (χ0n) is 15.6. The van der Waals surface area contributed by atoms with Crippen molar-refractivity contribution in [1.29, 1.82) is 0 Å². The fraction of sp³-hybridized carbons (Fsp3) is 0.350. The second-order valence-electron chi connectivity index (χ2n) is 7.07. The van der Waals surface area contributed by atoms with Crippen LogP contribution in [0.4, 0.5) is 19.0 Å². The van der Waals surface area contributed by atoms with Gasteiger partial charge in [-0.15, -0.1) is 0 Å². The minimum atomic E-state index is -4.39. The van der Waals surface area contributed by atoms with E-state index < -0.39 is 24.5 Å². The first-order valence-electron chi connectivity index (χ1n) is 9.39. The summed E-state index contributed by atoms with van der Waals surface area (Å²) in [5.41, 5.74) is 1.04. The van der Waals surface area contributed by atoms with E-state index in [4.69, 9.17) is 0 Å². The molecule has 1 aliphatic rings. The molecule has 0 unspecified atom stereocenters. The first kappa shape index (κ1) is 19.2. The number of carbonyl (C=O) groups is 1. The number of halogens is 3. The smallest absolute Gasteiger partial charge is 0.356 e. The number of amides is 1. The van der Waals surface area contributed by atoms with Crippen LogP contribution < -0.4 is 10.2 Å². The van der Waals surface area contributed by atoms with Crippen LogP contribution >= 0.6 is 0 Å². The van der Waals surface area contributed by atoms with E-state index in [1.165, 1.54) is 6.33 Å². The molecule has 3 heterocycles. The van der Waals surface area contributed by atoms with Crippen molar-refractivity contribution in [3.63, 3.8) is 0 Å². The first-order chi connectivity index (χ1) is 13.9. The number of alkyl halides is 3. The first-order valence-corrected chi connectivity index (χ1v) is 9.39. The largest absolute Gasteiger partial charge is 0.405 e. The predicted molar refractivity (Wildman–Crippen MR) is 103 cm³/mol. The number of piperidine rings is 1. The highest BCUT2D eigenvalue weighted by atomic mass is 19.4. The summed E-state index contributed by atoms with van der Waals surface area (Å²) >= 11 is 0. The lowest BCUT2D eigenvalue weighted by Crippen LogP contribution is -2.43. The van der Waals surface area contributed by atoms with E-state index in [-0.39, 0.29) is 0 Å². The Morgan fingerprint density at radius 3 is 2.59 bits per heavy atom. The Morgan fingerprint density at radius 1 is 1.10 bits per heavy atom. The summed E-state index contributed by atoms with van der Waals surface area (Å²) in [5, 5.41) is 3.09. The molecule has 0 atom stereocenters. The number of nitrogens with zero attached hydrogens (tertiary/aromatic N) is 4. The van der Waals surface area contributed by atoms with E-state index in [9.17, 15) is 18.0 Å². The average molecular weight is 403 g/mol. The molecule has 2 aromatic heterocycles. The van der Waals surface area contributed by atoms with Crippen molar-refractivity contribution >= 4 is 22.6 Å². The van der Waals surface area contributed by atoms with Crippen molar-refractivity contribution < 1.29 is 18.0 Å². The molecule has 0 bridgehead atoms. The number of nitrogens with one attached hydrogen (secondary N) is 1. The van der Waals surface area contributed by atoms with Crippen molar-refractivity contribution in [2.24, 2.45) is 5.92 Å². The number of benzene rings is 1. The maximum Gasteiger partial charge on any atom is 0.405 e. The van der Waals surface area contributed by atoms with Crippen molar-refractivity contribution in [2.45, 2.75) is 19.0 Å². The molecule has 0 saturated carbocycles. The maximum absolute atomic E-state index is 12.3. The normalized spacial score (nSPS) is 15.6. The summed E-state index contributed by atoms with van der Waals surface area (Å²) < 4.78 is 38.8. The number of anilines is 1. The number of rotatable bonds is 4. The van der Waals surface area contributed by atoms with E-state index in [1.807, 2.05) is 57.4 Å². The van der Waals surface area contributed by atoms with Crippen LogP contribution in [0, 0.1) is 5.92 Å². The number of hydrogen-bond donors (Lipinski definition) is 1. The highest BCUT2D eigenvalue weighted by molar-refractivity contribution is 5.81. The van der Waals surface area contributed by atoms with Gasteiger partial charge >= 0.3 is 6.18 Å². The standard InChI is InChI=1S/C20H20F3N5O/c21-20(22,23)12-24-19(29)15-5-8-27(9-6-15)17-11-18(26-13-25-17)28-10-7-14-3-1-2-4-16(14)28/h1-4,7,10-11,13,15H,5-6,8-9,12H2,(H,24,29). The number of aromatic nitrogens is 3. The van der Waals surface area contributed by atoms with Crippen LogP contribution in [0.25, 0.3) is 16.7 Å². The summed E-state index contributed by atoms with van der Waals surface area (Å²) in [4.78, 5) is 22.7. The van der Waals surface area contributed by atoms with Gasteiger partial charge in [0.25, 0.3) is 0 Å². The van der Waals surface area contributed by atoms with Gasteiger partial charge in [0.15, 0.2) is 0 Å². The van der Waals surface area contributed by atoms with E-state index >= 15 is 0 Å². The van der Waals surface area contributed by atoms with Crippen molar-refractivity contribution in [1.82, 2.24) is 19.9 Å². The fourth-order valence-corrected chi connectivity index (χ4v) is 3.63. The molecule has 9 heteroatoms. The Balaban J connectivity index is 1.43. The lowest BCUT2D eigenvalue weighted by Gasteiger charge is -2.32. The van der Waals surface area contributed by atoms with Crippen LogP contribution in [0.5, 0.6) is 0 Å². The molecule has 1 saturated heterocycles. The Labute approximate surface area is 165 Å². The monoisotopic (exact) mass is 403 g/mol. The molecule has 6 nitrogen and oxygen atoms in total. The third-order valence-corrected chi connectivity index (χ3v) is 5.14. The van der Waals surface area contributed by atoms with Crippen molar-refractivity contribution in [3.8, 4) is 5.82 Å². The Morgan fingerprint density at radius 2 is 1.83 bits per heavy atom. The Kier molecular flexibility index (Phi) is 5.12. The highest BCUT2D eigenvalue weighted by Gasteiger charge is 2.31. The molecule has 1 N–H and O–H groups in total. The summed E-state index contributed by atoms with van der Waals surface area (Å²) in [5.74, 6) is 0.524. The van der Waals surface area contributed by atoms with Gasteiger partial charge in [0, 0.05) is 31.3 Å². The predicted octanol–water partition coefficient (Wildman–Crippen LogP) is 3.32. The summed E-state index contributed by atoms with van der Waals surface area (Å²) in [6.07, 6.45) is 0.0247. The molecule has 3 aromatic rings. The van der Waals surface area contributed by atoms with Gasteiger partial charge in [-0.1, -0.05) is 18.2 Å². The number of fused-ring (bicyclic) bond motifs is 1. The second kappa shape index (κ2) is 7.73. The lowest BCUT2D eigenvalue weighted by atomic mass is 9.96. The molecule has 152 valence electrons. The van der Waals surface area contributed by atoms with Gasteiger partial charge in [-0.25, -0.2) is 9.97 Å². The number of carbonyl (C=O) groups excluding carboxylic acids is 1. The van der Waals surface area contributed by atoms with Gasteiger partial charge in [0.05, 0.1) is 5.52 Å². The van der Waals surface area contributed by atoms with Crippen LogP contribution in [-0.4, -0.2) is 46.3 Å². The quantitative estimate of drug-likeness (QED) is 0.726. The molecular formula is C20H20F3N5O. The van der Waals surface area contributed by atoms with E-state index in [0.717, 1.165) is 22.5 Å². The number of para-hydroxylation sites is 1. The van der Waals surface area contributed by atoms with Crippen molar-refractivity contribution in [3.05, 3.63) is 48.9 Å². The molecule has 0 aliphatic carbocycles. The molecule has 1 aliphatic heterocycles. The van der Waals surface area contributed by atoms with Crippen molar-refractivity contribution in [2.75, 3.05) is 24.5 Å². The minimum Gasteiger partial charge on any atom is -0.356 e. The molecule has 1 fully saturated rings. The second-order valence-corrected chi connectivity index (χ2v) is 7.07. The van der Waals surface area contributed by atoms with Crippen LogP contribution in [0.15, 0.2) is 48.9 Å². The molecule has 1 aromatic carbocycles. The zero-order chi connectivity index (χ0) is 20.4. The van der Waals surface area contributed by atoms with Gasteiger partial charge in [0.1, 0.15) is 24.5 Å². The molecule has 4 rings (SSSR count). The van der Waals surface area contributed by atoms with E-state index in [2.05, 4.69) is 9.97 Å². The van der Waals surface area contributed by atoms with Gasteiger partial charge in [-0.3, -0.25) is 4.79 Å². The average Bonchev–Trinajstić information content (AvgIpc) is 3.16. The third-order valence-electron chi connectivity index (χ3n) is 5.14. The third kappa shape index (κ3) is 4.33. The minimum absolute atomic E-state index is 0.414.